The summed E-state index contributed by atoms with van der Waals surface area (Å²) in [6, 6.07) is 0. The average Bonchev–Trinajstić information content (AvgIpc) is 2.61. The van der Waals surface area contributed by atoms with Crippen LogP contribution in [0.25, 0.3) is 0 Å². The van der Waals surface area contributed by atoms with E-state index < -0.39 is 59.9 Å². The van der Waals surface area contributed by atoms with Gasteiger partial charge < -0.3 is 33.1 Å². The molecule has 16 heteroatoms. The lowest BCUT2D eigenvalue weighted by atomic mass is 10.2. The number of hydrogen-bond donors (Lipinski definition) is 2. The SMILES string of the molecule is O=P12Oc3c(c4c(P(=O)(O)O)c(c3OOS(=O)(=O)OO4)O1)O2. The minimum atomic E-state index is -5.13. The average molecular weight is 376 g/mol. The molecule has 1 atom stereocenters. The third kappa shape index (κ3) is 1.83. The molecule has 1 aromatic carbocycles. The Morgan fingerprint density at radius 1 is 0.864 bits per heavy atom. The van der Waals surface area contributed by atoms with Crippen LogP contribution in [0.1, 0.15) is 0 Å². The van der Waals surface area contributed by atoms with Crippen LogP contribution < -0.4 is 28.7 Å². The first-order valence-electron chi connectivity index (χ1n) is 5.06. The summed E-state index contributed by atoms with van der Waals surface area (Å²) in [7, 11) is -14.2. The van der Waals surface area contributed by atoms with Gasteiger partial charge in [-0.2, -0.15) is 13.0 Å². The molecule has 0 spiro atoms. The summed E-state index contributed by atoms with van der Waals surface area (Å²) in [5.74, 6) is -3.51. The molecule has 1 unspecified atom stereocenters. The molecular weight excluding hydrogens is 374 g/mol. The predicted molar refractivity (Wildman–Crippen MR) is 60.0 cm³/mol. The molecule has 4 rings (SSSR count). The zero-order valence-corrected chi connectivity index (χ0v) is 12.3. The van der Waals surface area contributed by atoms with E-state index in [0.717, 1.165) is 0 Å². The summed E-state index contributed by atoms with van der Waals surface area (Å²) in [5.41, 5.74) is 0. The number of rotatable bonds is 1. The first kappa shape index (κ1) is 14.1. The Bertz CT molecular complexity index is 911. The zero-order chi connectivity index (χ0) is 15.9. The van der Waals surface area contributed by atoms with Gasteiger partial charge >= 0.3 is 25.8 Å². The van der Waals surface area contributed by atoms with Gasteiger partial charge in [-0.15, -0.1) is 0 Å². The quantitative estimate of drug-likeness (QED) is 0.481. The Morgan fingerprint density at radius 2 is 1.36 bits per heavy atom. The van der Waals surface area contributed by atoms with E-state index in [4.69, 9.17) is 13.6 Å². The van der Waals surface area contributed by atoms with Gasteiger partial charge in [0.25, 0.3) is 5.75 Å². The Labute approximate surface area is 120 Å². The van der Waals surface area contributed by atoms with Crippen molar-refractivity contribution in [3.8, 4) is 28.7 Å². The number of fused-ring (bicyclic) bond motifs is 3. The molecule has 0 fully saturated rings. The second-order valence-electron chi connectivity index (χ2n) is 3.97. The van der Waals surface area contributed by atoms with Crippen LogP contribution in [0.5, 0.6) is 28.7 Å². The Balaban J connectivity index is 2.10. The van der Waals surface area contributed by atoms with Gasteiger partial charge in [-0.25, -0.2) is 0 Å². The molecule has 0 radical (unpaired) electrons. The summed E-state index contributed by atoms with van der Waals surface area (Å²) in [4.78, 5) is 27.5. The van der Waals surface area contributed by atoms with Crippen LogP contribution in [0.3, 0.4) is 0 Å². The molecule has 3 aliphatic rings. The highest BCUT2D eigenvalue weighted by Gasteiger charge is 2.57. The number of phosphoric acid groups is 1. The molecule has 0 aromatic heterocycles. The van der Waals surface area contributed by atoms with Crippen LogP contribution in [0.2, 0.25) is 0 Å². The minimum Gasteiger partial charge on any atom is -0.380 e. The van der Waals surface area contributed by atoms with Gasteiger partial charge in [-0.3, -0.25) is 4.57 Å². The fourth-order valence-electron chi connectivity index (χ4n) is 1.85. The second kappa shape index (κ2) is 3.86. The third-order valence-electron chi connectivity index (χ3n) is 2.56. The maximum Gasteiger partial charge on any atom is 0.647 e. The van der Waals surface area contributed by atoms with Gasteiger partial charge in [0.1, 0.15) is 0 Å². The third-order valence-corrected chi connectivity index (χ3v) is 5.23. The van der Waals surface area contributed by atoms with E-state index in [2.05, 4.69) is 18.4 Å². The van der Waals surface area contributed by atoms with Crippen LogP contribution in [0.4, 0.5) is 0 Å². The van der Waals surface area contributed by atoms with E-state index in [1.165, 1.54) is 0 Å². The van der Waals surface area contributed by atoms with Crippen molar-refractivity contribution in [2.75, 3.05) is 0 Å². The Hall–Kier alpha value is -1.53. The number of hydrogen-bond acceptors (Lipinski definition) is 11. The van der Waals surface area contributed by atoms with Crippen molar-refractivity contribution in [1.82, 2.24) is 0 Å². The van der Waals surface area contributed by atoms with E-state index in [9.17, 15) is 27.3 Å². The number of phosphoric ester groups is 1. The molecule has 3 heterocycles. The van der Waals surface area contributed by atoms with E-state index in [1.807, 2.05) is 0 Å². The fraction of sp³-hybridized carbons (Fsp3) is 0. The summed E-state index contributed by atoms with van der Waals surface area (Å²) < 4.78 is 68.2. The molecule has 0 aliphatic carbocycles. The van der Waals surface area contributed by atoms with Crippen molar-refractivity contribution in [3.63, 3.8) is 0 Å². The van der Waals surface area contributed by atoms with Crippen LogP contribution in [0, 0.1) is 0 Å². The lowest BCUT2D eigenvalue weighted by molar-refractivity contribution is -0.159. The maximum absolute atomic E-state index is 12.0. The van der Waals surface area contributed by atoms with Gasteiger partial charge in [0, 0.05) is 0 Å². The summed E-state index contributed by atoms with van der Waals surface area (Å²) in [5, 5.41) is -0.997. The molecule has 0 saturated carbocycles. The summed E-state index contributed by atoms with van der Waals surface area (Å²) in [6.45, 7) is 0. The van der Waals surface area contributed by atoms with E-state index in [1.54, 1.807) is 0 Å². The van der Waals surface area contributed by atoms with Crippen LogP contribution in [-0.2, 0) is 28.2 Å². The lowest BCUT2D eigenvalue weighted by Crippen LogP contribution is -2.15. The van der Waals surface area contributed by atoms with E-state index in [0.29, 0.717) is 0 Å². The van der Waals surface area contributed by atoms with Gasteiger partial charge in [0.2, 0.25) is 23.0 Å². The first-order chi connectivity index (χ1) is 10.1. The molecule has 120 valence electrons. The summed E-state index contributed by atoms with van der Waals surface area (Å²) in [6.07, 6.45) is 0. The molecule has 0 saturated heterocycles. The summed E-state index contributed by atoms with van der Waals surface area (Å²) >= 11 is 0. The molecular formula is C6H2O13P2S. The molecule has 5 bridgehead atoms. The molecule has 3 aliphatic heterocycles. The maximum atomic E-state index is 12.0. The minimum absolute atomic E-state index is 0.475. The van der Waals surface area contributed by atoms with Gasteiger partial charge in [-0.1, -0.05) is 0 Å². The highest BCUT2D eigenvalue weighted by molar-refractivity contribution is 7.81. The van der Waals surface area contributed by atoms with Crippen LogP contribution in [0.15, 0.2) is 0 Å². The van der Waals surface area contributed by atoms with Gasteiger partial charge in [0.15, 0.2) is 5.30 Å². The van der Waals surface area contributed by atoms with Crippen molar-refractivity contribution >= 4 is 31.1 Å². The zero-order valence-electron chi connectivity index (χ0n) is 9.69. The molecule has 1 aromatic rings. The van der Waals surface area contributed by atoms with Crippen molar-refractivity contribution in [2.24, 2.45) is 0 Å². The van der Waals surface area contributed by atoms with E-state index >= 15 is 0 Å². The van der Waals surface area contributed by atoms with Crippen molar-refractivity contribution in [3.05, 3.63) is 0 Å². The molecule has 0 amide bonds. The van der Waals surface area contributed by atoms with Crippen molar-refractivity contribution < 1.29 is 59.3 Å². The molecule has 13 nitrogen and oxygen atoms in total. The highest BCUT2D eigenvalue weighted by atomic mass is 32.3. The lowest BCUT2D eigenvalue weighted by Gasteiger charge is -2.19. The second-order valence-corrected chi connectivity index (χ2v) is 8.04. The topological polar surface area (TPSA) is 173 Å². The van der Waals surface area contributed by atoms with Gasteiger partial charge in [-0.05, 0) is 8.67 Å². The van der Waals surface area contributed by atoms with E-state index in [-0.39, 0.29) is 0 Å². The Kier molecular flexibility index (Phi) is 2.47. The van der Waals surface area contributed by atoms with Crippen molar-refractivity contribution in [2.45, 2.75) is 0 Å². The molecule has 2 N–H and O–H groups in total. The smallest absolute Gasteiger partial charge is 0.380 e. The highest BCUT2D eigenvalue weighted by Crippen LogP contribution is 2.72. The van der Waals surface area contributed by atoms with Crippen molar-refractivity contribution in [1.29, 1.82) is 0 Å². The molecule has 22 heavy (non-hydrogen) atoms. The van der Waals surface area contributed by atoms with Gasteiger partial charge in [0.05, 0.1) is 0 Å². The van der Waals surface area contributed by atoms with Crippen LogP contribution in [-0.4, -0.2) is 18.2 Å². The Morgan fingerprint density at radius 3 is 1.95 bits per heavy atom. The normalized spacial score (nSPS) is 26.6. The number of benzene rings is 1. The standard InChI is InChI=1S/C6H2O13P2S/c7-20(8,9)6-4-3-2-1(13-18-22(11,12)19-14-4)5(6)17-21(10,15-2)16-3/h(H2,7,8,9). The first-order valence-corrected chi connectivity index (χ1v) is 9.46. The van der Waals surface area contributed by atoms with Crippen LogP contribution >= 0.6 is 15.4 Å². The largest absolute Gasteiger partial charge is 0.647 e. The predicted octanol–water partition coefficient (Wildman–Crippen LogP) is -0.360. The monoisotopic (exact) mass is 376 g/mol. The fourth-order valence-corrected chi connectivity index (χ4v) is 4.35.